The summed E-state index contributed by atoms with van der Waals surface area (Å²) in [6, 6.07) is 1.02. The fourth-order valence-electron chi connectivity index (χ4n) is 4.83. The first-order valence-electron chi connectivity index (χ1n) is 11.6. The summed E-state index contributed by atoms with van der Waals surface area (Å²) in [5, 5.41) is 10.1. The predicted molar refractivity (Wildman–Crippen MR) is 129 cm³/mol. The number of benzene rings is 1. The summed E-state index contributed by atoms with van der Waals surface area (Å²) in [6.07, 6.45) is -4.41. The van der Waals surface area contributed by atoms with Crippen LogP contribution in [-0.4, -0.2) is 83.7 Å². The Bertz CT molecular complexity index is 1280. The molecule has 1 aromatic carbocycles. The van der Waals surface area contributed by atoms with Gasteiger partial charge in [0.25, 0.3) is 5.91 Å². The van der Waals surface area contributed by atoms with Gasteiger partial charge in [-0.05, 0) is 44.7 Å². The minimum absolute atomic E-state index is 0.0481. The first kappa shape index (κ1) is 28.0. The molecule has 0 radical (unpaired) electrons. The Hall–Kier alpha value is -3.03. The fraction of sp³-hybridized carbons (Fsp3) is 0.458. The predicted octanol–water partition coefficient (Wildman–Crippen LogP) is 3.68. The largest absolute Gasteiger partial charge is 0.416 e. The van der Waals surface area contributed by atoms with Gasteiger partial charge in [-0.1, -0.05) is 11.6 Å². The van der Waals surface area contributed by atoms with Gasteiger partial charge >= 0.3 is 12.2 Å². The van der Waals surface area contributed by atoms with Gasteiger partial charge in [0, 0.05) is 25.8 Å². The number of hydrogen-bond donors (Lipinski definition) is 1. The van der Waals surface area contributed by atoms with Crippen LogP contribution in [0.25, 0.3) is 0 Å². The van der Waals surface area contributed by atoms with Crippen molar-refractivity contribution in [3.63, 3.8) is 0 Å². The van der Waals surface area contributed by atoms with Crippen LogP contribution in [0, 0.1) is 18.6 Å². The molecule has 3 heterocycles. The maximum Gasteiger partial charge on any atom is 0.416 e. The molecular weight excluding hydrogens is 537 g/mol. The number of aryl methyl sites for hydroxylation is 1. The van der Waals surface area contributed by atoms with Gasteiger partial charge in [0.2, 0.25) is 0 Å². The third-order valence-corrected chi connectivity index (χ3v) is 7.04. The van der Waals surface area contributed by atoms with E-state index in [1.165, 1.54) is 18.9 Å². The van der Waals surface area contributed by atoms with Crippen LogP contribution in [0.2, 0.25) is 5.02 Å². The zero-order valence-electron chi connectivity index (χ0n) is 20.7. The molecule has 14 heteroatoms. The number of carbonyl (C=O) groups is 2. The molecule has 2 saturated heterocycles. The van der Waals surface area contributed by atoms with E-state index in [4.69, 9.17) is 11.6 Å². The number of urea groups is 1. The molecule has 1 unspecified atom stereocenters. The monoisotopic (exact) mass is 561 g/mol. The van der Waals surface area contributed by atoms with Gasteiger partial charge in [-0.3, -0.25) is 9.69 Å². The molecule has 2 aliphatic rings. The standard InChI is InChI=1S/C24H25ClF5N5O3/c1-13-8-14(24(28,29)30)9-18(31-13)35-17(10-34(22(35)37)12-23(38)6-7-32(2)11-23)21(36)33(3)16-5-4-15(26)19(25)20(16)27/h4-5,8-9,17,38H,6-7,10-12H2,1-3H3/t17-,23?/m0/s1. The van der Waals surface area contributed by atoms with E-state index in [1.807, 2.05) is 4.90 Å². The van der Waals surface area contributed by atoms with Crippen molar-refractivity contribution in [1.29, 1.82) is 0 Å². The van der Waals surface area contributed by atoms with Gasteiger partial charge < -0.3 is 19.8 Å². The number of anilines is 2. The van der Waals surface area contributed by atoms with Crippen molar-refractivity contribution >= 4 is 35.0 Å². The highest BCUT2D eigenvalue weighted by molar-refractivity contribution is 6.31. The second-order valence-electron chi connectivity index (χ2n) is 9.71. The first-order valence-corrected chi connectivity index (χ1v) is 11.9. The molecule has 8 nitrogen and oxygen atoms in total. The molecule has 2 aromatic rings. The van der Waals surface area contributed by atoms with Crippen LogP contribution in [-0.2, 0) is 11.0 Å². The van der Waals surface area contributed by atoms with E-state index in [2.05, 4.69) is 4.98 Å². The molecule has 0 bridgehead atoms. The molecule has 0 spiro atoms. The van der Waals surface area contributed by atoms with Crippen molar-refractivity contribution in [2.75, 3.05) is 50.1 Å². The molecule has 1 aromatic heterocycles. The number of likely N-dealkylation sites (N-methyl/N-ethyl adjacent to an activating group) is 2. The summed E-state index contributed by atoms with van der Waals surface area (Å²) in [5.41, 5.74) is -2.81. The lowest BCUT2D eigenvalue weighted by Gasteiger charge is -2.28. The van der Waals surface area contributed by atoms with Crippen molar-refractivity contribution in [2.45, 2.75) is 31.2 Å². The Kier molecular flexibility index (Phi) is 7.32. The molecular formula is C24H25ClF5N5O3. The van der Waals surface area contributed by atoms with E-state index in [0.29, 0.717) is 19.0 Å². The number of pyridine rings is 1. The Morgan fingerprint density at radius 3 is 2.58 bits per heavy atom. The summed E-state index contributed by atoms with van der Waals surface area (Å²) in [7, 11) is 2.96. The van der Waals surface area contributed by atoms with E-state index in [0.717, 1.165) is 28.0 Å². The summed E-state index contributed by atoms with van der Waals surface area (Å²) in [4.78, 5) is 35.8. The van der Waals surface area contributed by atoms with Crippen LogP contribution in [0.4, 0.5) is 38.3 Å². The molecule has 0 aliphatic carbocycles. The normalized spacial score (nSPS) is 22.5. The van der Waals surface area contributed by atoms with Crippen LogP contribution < -0.4 is 9.80 Å². The van der Waals surface area contributed by atoms with Gasteiger partial charge in [-0.25, -0.2) is 18.6 Å². The molecule has 0 saturated carbocycles. The number of halogens is 6. The highest BCUT2D eigenvalue weighted by Gasteiger charge is 2.48. The lowest BCUT2D eigenvalue weighted by Crippen LogP contribution is -2.47. The van der Waals surface area contributed by atoms with E-state index < -0.39 is 63.5 Å². The summed E-state index contributed by atoms with van der Waals surface area (Å²) >= 11 is 5.65. The molecule has 2 aliphatic heterocycles. The average Bonchev–Trinajstić information content (AvgIpc) is 3.33. The van der Waals surface area contributed by atoms with Gasteiger partial charge in [0.15, 0.2) is 5.82 Å². The second-order valence-corrected chi connectivity index (χ2v) is 10.1. The molecule has 1 N–H and O–H groups in total. The number of hydrogen-bond acceptors (Lipinski definition) is 5. The van der Waals surface area contributed by atoms with Crippen molar-refractivity contribution in [3.05, 3.63) is 52.2 Å². The van der Waals surface area contributed by atoms with Gasteiger partial charge in [0.05, 0.1) is 29.9 Å². The van der Waals surface area contributed by atoms with Crippen molar-refractivity contribution < 1.29 is 36.6 Å². The molecule has 3 amide bonds. The maximum atomic E-state index is 14.7. The number of carbonyl (C=O) groups excluding carboxylic acids is 2. The lowest BCUT2D eigenvalue weighted by atomic mass is 10.0. The number of nitrogens with zero attached hydrogens (tertiary/aromatic N) is 5. The van der Waals surface area contributed by atoms with Crippen LogP contribution >= 0.6 is 11.6 Å². The summed E-state index contributed by atoms with van der Waals surface area (Å²) in [5.74, 6) is -3.57. The zero-order valence-corrected chi connectivity index (χ0v) is 21.4. The minimum Gasteiger partial charge on any atom is -0.387 e. The third-order valence-electron chi connectivity index (χ3n) is 6.70. The van der Waals surface area contributed by atoms with Crippen molar-refractivity contribution in [3.8, 4) is 0 Å². The van der Waals surface area contributed by atoms with Crippen LogP contribution in [0.3, 0.4) is 0 Å². The fourth-order valence-corrected chi connectivity index (χ4v) is 4.99. The van der Waals surface area contributed by atoms with Crippen molar-refractivity contribution in [2.24, 2.45) is 0 Å². The average molecular weight is 562 g/mol. The Balaban J connectivity index is 1.74. The number of aromatic nitrogens is 1. The first-order chi connectivity index (χ1) is 17.6. The summed E-state index contributed by atoms with van der Waals surface area (Å²) < 4.78 is 69.0. The van der Waals surface area contributed by atoms with Gasteiger partial charge in [-0.15, -0.1) is 0 Å². The topological polar surface area (TPSA) is 80.2 Å². The van der Waals surface area contributed by atoms with E-state index in [9.17, 15) is 36.6 Å². The lowest BCUT2D eigenvalue weighted by molar-refractivity contribution is -0.137. The quantitative estimate of drug-likeness (QED) is 0.445. The Morgan fingerprint density at radius 2 is 1.97 bits per heavy atom. The molecule has 2 atom stereocenters. The van der Waals surface area contributed by atoms with E-state index in [-0.39, 0.29) is 25.3 Å². The number of likely N-dealkylation sites (tertiary alicyclic amines) is 1. The number of aliphatic hydroxyl groups is 1. The number of alkyl halides is 3. The Labute approximate surface area is 220 Å². The molecule has 206 valence electrons. The number of β-amino-alcohol motifs (C(OH)–C–C–N with tert-alkyl or cyclic N) is 1. The SMILES string of the molecule is Cc1cc(C(F)(F)F)cc(N2C(=O)N(CC3(O)CCN(C)C3)C[C@H]2C(=O)N(C)c2ccc(F)c(Cl)c2F)n1. The van der Waals surface area contributed by atoms with Gasteiger partial charge in [-0.2, -0.15) is 13.2 Å². The third kappa shape index (κ3) is 5.27. The second kappa shape index (κ2) is 9.93. The summed E-state index contributed by atoms with van der Waals surface area (Å²) in [6.45, 7) is 1.62. The van der Waals surface area contributed by atoms with Crippen LogP contribution in [0.5, 0.6) is 0 Å². The van der Waals surface area contributed by atoms with E-state index in [1.54, 1.807) is 7.05 Å². The molecule has 38 heavy (non-hydrogen) atoms. The highest BCUT2D eigenvalue weighted by Crippen LogP contribution is 2.35. The van der Waals surface area contributed by atoms with Gasteiger partial charge in [0.1, 0.15) is 22.7 Å². The van der Waals surface area contributed by atoms with E-state index >= 15 is 0 Å². The zero-order chi connectivity index (χ0) is 28.2. The van der Waals surface area contributed by atoms with Crippen molar-refractivity contribution in [1.82, 2.24) is 14.8 Å². The Morgan fingerprint density at radius 1 is 1.29 bits per heavy atom. The maximum absolute atomic E-state index is 14.7. The number of rotatable bonds is 5. The highest BCUT2D eigenvalue weighted by atomic mass is 35.5. The molecule has 2 fully saturated rings. The smallest absolute Gasteiger partial charge is 0.387 e. The van der Waals surface area contributed by atoms with Crippen LogP contribution in [0.15, 0.2) is 24.3 Å². The number of amides is 3. The van der Waals surface area contributed by atoms with Crippen LogP contribution in [0.1, 0.15) is 17.7 Å². The minimum atomic E-state index is -4.75. The molecule has 4 rings (SSSR count).